The fraction of sp³-hybridized carbons (Fsp3) is 0.333. The minimum Gasteiger partial charge on any atom is -0.297 e. The molecule has 0 radical (unpaired) electrons. The largest absolute Gasteiger partial charge is 0.297 e. The van der Waals surface area contributed by atoms with Gasteiger partial charge in [-0.05, 0) is 60.4 Å². The number of hydrogen-bond donors (Lipinski definition) is 1. The van der Waals surface area contributed by atoms with Crippen LogP contribution < -0.4 is 0 Å². The van der Waals surface area contributed by atoms with Gasteiger partial charge in [-0.3, -0.25) is 4.90 Å². The van der Waals surface area contributed by atoms with Crippen molar-refractivity contribution in [3.8, 4) is 0 Å². The van der Waals surface area contributed by atoms with Crippen LogP contribution in [-0.2, 0) is 0 Å². The summed E-state index contributed by atoms with van der Waals surface area (Å²) in [6.07, 6.45) is 6.34. The van der Waals surface area contributed by atoms with Gasteiger partial charge >= 0.3 is 0 Å². The van der Waals surface area contributed by atoms with E-state index in [4.69, 9.17) is 0 Å². The van der Waals surface area contributed by atoms with Gasteiger partial charge in [0.25, 0.3) is 0 Å². The Morgan fingerprint density at radius 1 is 1.15 bits per heavy atom. The van der Waals surface area contributed by atoms with Crippen molar-refractivity contribution >= 4 is 29.0 Å². The van der Waals surface area contributed by atoms with E-state index < -0.39 is 0 Å². The number of benzene rings is 2. The van der Waals surface area contributed by atoms with Crippen molar-refractivity contribution < 1.29 is 0 Å². The molecule has 0 spiro atoms. The zero-order chi connectivity index (χ0) is 13.7. The highest BCUT2D eigenvalue weighted by Crippen LogP contribution is 2.39. The van der Waals surface area contributed by atoms with Crippen LogP contribution in [0.1, 0.15) is 24.8 Å². The number of hydrogen-bond acceptors (Lipinski definition) is 2. The summed E-state index contributed by atoms with van der Waals surface area (Å²) in [4.78, 5) is 3.58. The van der Waals surface area contributed by atoms with Gasteiger partial charge in [-0.2, -0.15) is 0 Å². The molecule has 2 heterocycles. The molecule has 1 fully saturated rings. The topological polar surface area (TPSA) is 3.24 Å². The third-order valence-corrected chi connectivity index (χ3v) is 5.23. The normalized spacial score (nSPS) is 26.0. The fourth-order valence-corrected chi connectivity index (χ4v) is 4.01. The lowest BCUT2D eigenvalue weighted by Gasteiger charge is -2.30. The molecule has 0 aromatic heterocycles. The summed E-state index contributed by atoms with van der Waals surface area (Å²) in [6, 6.07) is 14.5. The molecule has 2 aliphatic rings. The van der Waals surface area contributed by atoms with Crippen LogP contribution in [0, 0.1) is 0 Å². The number of fused-ring (bicyclic) bond motifs is 3. The lowest BCUT2D eigenvalue weighted by Crippen LogP contribution is -2.34. The minimum atomic E-state index is 0.642. The Bertz CT molecular complexity index is 704. The average molecular weight is 281 g/mol. The monoisotopic (exact) mass is 281 g/mol. The fourth-order valence-electron chi connectivity index (χ4n) is 3.79. The van der Waals surface area contributed by atoms with E-state index in [0.717, 1.165) is 10.9 Å². The van der Waals surface area contributed by atoms with E-state index in [1.165, 1.54) is 41.2 Å². The SMILES string of the molecule is CN1C2C=C(c3cccc4cc(S)ccc34)CC1CC2. The van der Waals surface area contributed by atoms with Crippen LogP contribution >= 0.6 is 12.6 Å². The highest BCUT2D eigenvalue weighted by atomic mass is 32.1. The van der Waals surface area contributed by atoms with E-state index in [1.54, 1.807) is 0 Å². The molecule has 102 valence electrons. The maximum atomic E-state index is 4.45. The second kappa shape index (κ2) is 4.64. The number of rotatable bonds is 1. The molecule has 2 aromatic rings. The predicted octanol–water partition coefficient (Wildman–Crippen LogP) is 4.38. The van der Waals surface area contributed by atoms with Gasteiger partial charge < -0.3 is 0 Å². The molecule has 0 aliphatic carbocycles. The Morgan fingerprint density at radius 2 is 2.05 bits per heavy atom. The van der Waals surface area contributed by atoms with Crippen molar-refractivity contribution in [2.45, 2.75) is 36.2 Å². The van der Waals surface area contributed by atoms with Gasteiger partial charge in [0.1, 0.15) is 0 Å². The van der Waals surface area contributed by atoms with Crippen LogP contribution in [0.15, 0.2) is 47.4 Å². The van der Waals surface area contributed by atoms with Crippen LogP contribution in [0.5, 0.6) is 0 Å². The molecule has 2 aromatic carbocycles. The van der Waals surface area contributed by atoms with Crippen molar-refractivity contribution in [2.75, 3.05) is 7.05 Å². The molecular formula is C18H19NS. The first-order valence-corrected chi connectivity index (χ1v) is 7.82. The maximum absolute atomic E-state index is 4.45. The third kappa shape index (κ3) is 1.90. The zero-order valence-electron chi connectivity index (χ0n) is 11.7. The number of nitrogens with zero attached hydrogens (tertiary/aromatic N) is 1. The van der Waals surface area contributed by atoms with Gasteiger partial charge in [0.05, 0.1) is 0 Å². The molecule has 1 saturated heterocycles. The highest BCUT2D eigenvalue weighted by molar-refractivity contribution is 7.80. The Hall–Kier alpha value is -1.25. The second-order valence-corrected chi connectivity index (χ2v) is 6.59. The predicted molar refractivity (Wildman–Crippen MR) is 88.4 cm³/mol. The van der Waals surface area contributed by atoms with Crippen molar-refractivity contribution in [1.29, 1.82) is 0 Å². The van der Waals surface area contributed by atoms with E-state index in [-0.39, 0.29) is 0 Å². The summed E-state index contributed by atoms with van der Waals surface area (Å²) in [6.45, 7) is 0. The van der Waals surface area contributed by atoms with Crippen LogP contribution in [0.3, 0.4) is 0 Å². The Labute approximate surface area is 125 Å². The molecule has 20 heavy (non-hydrogen) atoms. The van der Waals surface area contributed by atoms with E-state index >= 15 is 0 Å². The standard InChI is InChI=1S/C18H19NS/c1-19-14-5-6-15(19)10-13(9-14)17-4-2-3-12-11-16(20)7-8-18(12)17/h2-4,7-9,11,14-15,20H,5-6,10H2,1H3. The van der Waals surface area contributed by atoms with Crippen LogP contribution in [0.2, 0.25) is 0 Å². The van der Waals surface area contributed by atoms with Gasteiger partial charge in [-0.1, -0.05) is 30.3 Å². The molecule has 2 bridgehead atoms. The van der Waals surface area contributed by atoms with Crippen molar-refractivity contribution in [3.63, 3.8) is 0 Å². The minimum absolute atomic E-state index is 0.642. The quantitative estimate of drug-likeness (QED) is 0.759. The molecule has 2 atom stereocenters. The lowest BCUT2D eigenvalue weighted by molar-refractivity contribution is 0.264. The Morgan fingerprint density at radius 3 is 2.90 bits per heavy atom. The Balaban J connectivity index is 1.85. The third-order valence-electron chi connectivity index (χ3n) is 4.95. The number of thiol groups is 1. The zero-order valence-corrected chi connectivity index (χ0v) is 12.6. The van der Waals surface area contributed by atoms with E-state index in [9.17, 15) is 0 Å². The first-order chi connectivity index (χ1) is 9.72. The van der Waals surface area contributed by atoms with Crippen molar-refractivity contribution in [1.82, 2.24) is 4.90 Å². The van der Waals surface area contributed by atoms with Gasteiger partial charge in [0.15, 0.2) is 0 Å². The van der Waals surface area contributed by atoms with Crippen molar-refractivity contribution in [3.05, 3.63) is 48.0 Å². The van der Waals surface area contributed by atoms with Crippen molar-refractivity contribution in [2.24, 2.45) is 0 Å². The maximum Gasteiger partial charge on any atom is 0.0284 e. The summed E-state index contributed by atoms with van der Waals surface area (Å²) in [5.74, 6) is 0. The molecule has 1 nitrogen and oxygen atoms in total. The summed E-state index contributed by atoms with van der Waals surface area (Å²) < 4.78 is 0. The highest BCUT2D eigenvalue weighted by Gasteiger charge is 2.34. The summed E-state index contributed by atoms with van der Waals surface area (Å²) in [7, 11) is 2.27. The van der Waals surface area contributed by atoms with Crippen LogP contribution in [0.25, 0.3) is 16.3 Å². The molecule has 2 aliphatic heterocycles. The van der Waals surface area contributed by atoms with Gasteiger partial charge in [0, 0.05) is 17.0 Å². The number of likely N-dealkylation sites (N-methyl/N-ethyl adjacent to an activating group) is 1. The van der Waals surface area contributed by atoms with Gasteiger partial charge in [0.2, 0.25) is 0 Å². The van der Waals surface area contributed by atoms with E-state index in [1.807, 2.05) is 0 Å². The summed E-state index contributed by atoms with van der Waals surface area (Å²) in [5, 5.41) is 2.66. The van der Waals surface area contributed by atoms with Gasteiger partial charge in [-0.25, -0.2) is 0 Å². The lowest BCUT2D eigenvalue weighted by atomic mass is 9.91. The smallest absolute Gasteiger partial charge is 0.0284 e. The first kappa shape index (κ1) is 12.5. The van der Waals surface area contributed by atoms with Gasteiger partial charge in [-0.15, -0.1) is 12.6 Å². The molecule has 0 N–H and O–H groups in total. The van der Waals surface area contributed by atoms with Crippen LogP contribution in [0.4, 0.5) is 0 Å². The Kier molecular flexibility index (Phi) is 2.90. The molecule has 4 rings (SSSR count). The molecule has 0 amide bonds. The summed E-state index contributed by atoms with van der Waals surface area (Å²) >= 11 is 4.45. The van der Waals surface area contributed by atoms with E-state index in [2.05, 4.69) is 67.1 Å². The average Bonchev–Trinajstić information content (AvgIpc) is 2.68. The van der Waals surface area contributed by atoms with E-state index in [0.29, 0.717) is 6.04 Å². The molecular weight excluding hydrogens is 262 g/mol. The molecule has 2 unspecified atom stereocenters. The second-order valence-electron chi connectivity index (χ2n) is 6.07. The first-order valence-electron chi connectivity index (χ1n) is 7.37. The molecule has 0 saturated carbocycles. The molecule has 2 heteroatoms. The van der Waals surface area contributed by atoms with Crippen LogP contribution in [-0.4, -0.2) is 24.0 Å². The summed E-state index contributed by atoms with van der Waals surface area (Å²) in [5.41, 5.74) is 2.95.